The third-order valence-electron chi connectivity index (χ3n) is 4.17. The van der Waals surface area contributed by atoms with Crippen LogP contribution < -0.4 is 10.1 Å². The van der Waals surface area contributed by atoms with Crippen molar-refractivity contribution in [3.05, 3.63) is 59.2 Å². The molecular weight excluding hydrogens is 374 g/mol. The molecule has 1 amide bonds. The summed E-state index contributed by atoms with van der Waals surface area (Å²) in [7, 11) is 1.57. The Kier molecular flexibility index (Phi) is 5.96. The lowest BCUT2D eigenvalue weighted by atomic mass is 10.1. The van der Waals surface area contributed by atoms with Crippen LogP contribution in [0.15, 0.2) is 36.7 Å². The molecule has 0 fully saturated rings. The van der Waals surface area contributed by atoms with Crippen molar-refractivity contribution in [3.8, 4) is 5.75 Å². The number of anilines is 1. The Hall–Kier alpha value is -3.62. The lowest BCUT2D eigenvalue weighted by molar-refractivity contribution is 0.0513. The van der Waals surface area contributed by atoms with E-state index in [1.807, 2.05) is 32.0 Å². The van der Waals surface area contributed by atoms with E-state index in [-0.39, 0.29) is 24.7 Å². The molecular formula is C20H23N5O4. The summed E-state index contributed by atoms with van der Waals surface area (Å²) in [6.07, 6.45) is 3.16. The fourth-order valence-corrected chi connectivity index (χ4v) is 2.77. The van der Waals surface area contributed by atoms with Crippen LogP contribution in [-0.4, -0.2) is 38.0 Å². The van der Waals surface area contributed by atoms with Crippen molar-refractivity contribution < 1.29 is 19.1 Å². The molecule has 3 aromatic rings. The number of nitrogens with zero attached hydrogens (tertiary/aromatic N) is 4. The lowest BCUT2D eigenvalue weighted by Crippen LogP contribution is -2.12. The molecule has 3 rings (SSSR count). The number of carbonyl (C=O) groups excluding carboxylic acids is 2. The maximum absolute atomic E-state index is 12.4. The van der Waals surface area contributed by atoms with E-state index in [0.717, 1.165) is 11.3 Å². The minimum absolute atomic E-state index is 0.106. The molecule has 29 heavy (non-hydrogen) atoms. The third-order valence-corrected chi connectivity index (χ3v) is 4.17. The van der Waals surface area contributed by atoms with Crippen LogP contribution in [0.5, 0.6) is 5.75 Å². The van der Waals surface area contributed by atoms with Gasteiger partial charge in [0.05, 0.1) is 24.7 Å². The van der Waals surface area contributed by atoms with Crippen molar-refractivity contribution in [3.63, 3.8) is 0 Å². The monoisotopic (exact) mass is 397 g/mol. The molecule has 0 aliphatic heterocycles. The van der Waals surface area contributed by atoms with Crippen LogP contribution in [0.1, 0.15) is 39.0 Å². The van der Waals surface area contributed by atoms with Crippen molar-refractivity contribution in [1.29, 1.82) is 0 Å². The van der Waals surface area contributed by atoms with Gasteiger partial charge in [0.15, 0.2) is 12.4 Å². The van der Waals surface area contributed by atoms with Gasteiger partial charge in [-0.15, -0.1) is 0 Å². The zero-order chi connectivity index (χ0) is 21.0. The summed E-state index contributed by atoms with van der Waals surface area (Å²) in [4.78, 5) is 24.3. The number of carbonyl (C=O) groups is 2. The first-order chi connectivity index (χ1) is 13.9. The number of benzene rings is 1. The van der Waals surface area contributed by atoms with Gasteiger partial charge in [-0.3, -0.25) is 9.48 Å². The topological polar surface area (TPSA) is 100 Å². The number of rotatable bonds is 7. The fraction of sp³-hybridized carbons (Fsp3) is 0.300. The number of hydrogen-bond acceptors (Lipinski definition) is 6. The van der Waals surface area contributed by atoms with E-state index < -0.39 is 11.9 Å². The van der Waals surface area contributed by atoms with Gasteiger partial charge in [0.1, 0.15) is 11.4 Å². The quantitative estimate of drug-likeness (QED) is 0.615. The third kappa shape index (κ3) is 4.81. The summed E-state index contributed by atoms with van der Waals surface area (Å²) in [6, 6.07) is 7.33. The molecule has 0 unspecified atom stereocenters. The van der Waals surface area contributed by atoms with E-state index >= 15 is 0 Å². The highest BCUT2D eigenvalue weighted by Gasteiger charge is 2.19. The first kappa shape index (κ1) is 20.1. The molecule has 1 aromatic carbocycles. The number of nitrogens with one attached hydrogen (secondary N) is 1. The molecule has 1 N–H and O–H groups in total. The Morgan fingerprint density at radius 2 is 2.00 bits per heavy atom. The van der Waals surface area contributed by atoms with E-state index in [1.165, 1.54) is 22.5 Å². The Morgan fingerprint density at radius 1 is 1.21 bits per heavy atom. The summed E-state index contributed by atoms with van der Waals surface area (Å²) in [5.41, 5.74) is 3.00. The molecule has 9 nitrogen and oxygen atoms in total. The van der Waals surface area contributed by atoms with Gasteiger partial charge in [0, 0.05) is 13.1 Å². The number of hydrogen-bond donors (Lipinski definition) is 1. The van der Waals surface area contributed by atoms with Gasteiger partial charge < -0.3 is 14.8 Å². The summed E-state index contributed by atoms with van der Waals surface area (Å²) >= 11 is 0. The standard InChI is InChI=1S/C20H23N5O4/c1-5-28-20(27)17-9-16(23-24(17)4)19(26)22-15-10-21-25(11-15)12-29-18-7-6-13(2)8-14(18)3/h6-11H,5,12H2,1-4H3,(H,22,26). The summed E-state index contributed by atoms with van der Waals surface area (Å²) in [5.74, 6) is -0.208. The van der Waals surface area contributed by atoms with E-state index in [2.05, 4.69) is 15.5 Å². The average Bonchev–Trinajstić information content (AvgIpc) is 3.27. The highest BCUT2D eigenvalue weighted by molar-refractivity contribution is 6.04. The fourth-order valence-electron chi connectivity index (χ4n) is 2.77. The Balaban J connectivity index is 1.62. The highest BCUT2D eigenvalue weighted by Crippen LogP contribution is 2.19. The molecule has 152 valence electrons. The summed E-state index contributed by atoms with van der Waals surface area (Å²) in [5, 5.41) is 10.9. The van der Waals surface area contributed by atoms with Crippen LogP contribution in [-0.2, 0) is 18.5 Å². The van der Waals surface area contributed by atoms with Crippen LogP contribution in [0.2, 0.25) is 0 Å². The van der Waals surface area contributed by atoms with Gasteiger partial charge in [0.2, 0.25) is 0 Å². The van der Waals surface area contributed by atoms with Crippen molar-refractivity contribution in [1.82, 2.24) is 19.6 Å². The minimum atomic E-state index is -0.530. The molecule has 2 heterocycles. The molecule has 0 aliphatic rings. The maximum atomic E-state index is 12.4. The number of ether oxygens (including phenoxy) is 2. The predicted molar refractivity (Wildman–Crippen MR) is 106 cm³/mol. The molecule has 0 aliphatic carbocycles. The predicted octanol–water partition coefficient (Wildman–Crippen LogP) is 2.70. The van der Waals surface area contributed by atoms with Crippen molar-refractivity contribution in [2.75, 3.05) is 11.9 Å². The second kappa shape index (κ2) is 8.59. The van der Waals surface area contributed by atoms with Crippen molar-refractivity contribution in [2.24, 2.45) is 7.05 Å². The number of esters is 1. The minimum Gasteiger partial charge on any atom is -0.471 e. The van der Waals surface area contributed by atoms with Crippen molar-refractivity contribution >= 4 is 17.6 Å². The normalized spacial score (nSPS) is 10.6. The average molecular weight is 397 g/mol. The second-order valence-electron chi connectivity index (χ2n) is 6.52. The zero-order valence-corrected chi connectivity index (χ0v) is 16.8. The smallest absolute Gasteiger partial charge is 0.356 e. The van der Waals surface area contributed by atoms with E-state index in [0.29, 0.717) is 5.69 Å². The van der Waals surface area contributed by atoms with Crippen LogP contribution in [0.4, 0.5) is 5.69 Å². The van der Waals surface area contributed by atoms with Crippen LogP contribution in [0.3, 0.4) is 0 Å². The van der Waals surface area contributed by atoms with Gasteiger partial charge >= 0.3 is 5.97 Å². The first-order valence-corrected chi connectivity index (χ1v) is 9.12. The molecule has 0 spiro atoms. The van der Waals surface area contributed by atoms with Gasteiger partial charge in [-0.25, -0.2) is 9.48 Å². The second-order valence-corrected chi connectivity index (χ2v) is 6.52. The molecule has 2 aromatic heterocycles. The Morgan fingerprint density at radius 3 is 2.72 bits per heavy atom. The molecule has 0 saturated heterocycles. The van der Waals surface area contributed by atoms with Crippen molar-refractivity contribution in [2.45, 2.75) is 27.5 Å². The lowest BCUT2D eigenvalue weighted by Gasteiger charge is -2.09. The molecule has 0 saturated carbocycles. The van der Waals surface area contributed by atoms with Crippen LogP contribution in [0.25, 0.3) is 0 Å². The van der Waals surface area contributed by atoms with Crippen LogP contribution >= 0.6 is 0 Å². The van der Waals surface area contributed by atoms with Gasteiger partial charge in [0.25, 0.3) is 5.91 Å². The molecule has 0 bridgehead atoms. The van der Waals surface area contributed by atoms with E-state index in [1.54, 1.807) is 24.9 Å². The molecule has 9 heteroatoms. The number of aromatic nitrogens is 4. The zero-order valence-electron chi connectivity index (χ0n) is 16.8. The summed E-state index contributed by atoms with van der Waals surface area (Å²) in [6.45, 7) is 6.17. The Labute approximate surface area is 168 Å². The number of amides is 1. The van der Waals surface area contributed by atoms with E-state index in [4.69, 9.17) is 9.47 Å². The van der Waals surface area contributed by atoms with Gasteiger partial charge in [-0.1, -0.05) is 17.7 Å². The number of aryl methyl sites for hydroxylation is 3. The van der Waals surface area contributed by atoms with Gasteiger partial charge in [-0.05, 0) is 32.4 Å². The van der Waals surface area contributed by atoms with E-state index in [9.17, 15) is 9.59 Å². The van der Waals surface area contributed by atoms with Gasteiger partial charge in [-0.2, -0.15) is 10.2 Å². The summed E-state index contributed by atoms with van der Waals surface area (Å²) < 4.78 is 13.6. The largest absolute Gasteiger partial charge is 0.471 e. The Bertz CT molecular complexity index is 1040. The SMILES string of the molecule is CCOC(=O)c1cc(C(=O)Nc2cnn(COc3ccc(C)cc3C)c2)nn1C. The molecule has 0 radical (unpaired) electrons. The first-order valence-electron chi connectivity index (χ1n) is 9.12. The highest BCUT2D eigenvalue weighted by atomic mass is 16.5. The molecule has 0 atom stereocenters. The maximum Gasteiger partial charge on any atom is 0.356 e. The van der Waals surface area contributed by atoms with Crippen LogP contribution in [0, 0.1) is 13.8 Å².